The van der Waals surface area contributed by atoms with E-state index < -0.39 is 16.1 Å². The van der Waals surface area contributed by atoms with Crippen molar-refractivity contribution < 1.29 is 0 Å². The molecule has 8 aromatic rings. The zero-order valence-electron chi connectivity index (χ0n) is 39.2. The molecular weight excluding hydrogens is 825 g/mol. The Bertz CT molecular complexity index is 2790. The highest BCUT2D eigenvalue weighted by molar-refractivity contribution is 7.17. The zero-order valence-corrected chi connectivity index (χ0v) is 41.2. The standard InChI is InChI=1S/C64H58Si2/c1-45-27-19-23-39-53(45)61-57(49-31-11-7-12-32-49)58(50-33-13-8-14-34-50)62(54-40-24-20-28-46(54)2)65(61,5)43-44-66(6)63(55-41-25-21-29-47(55)3)59(51-35-15-9-16-36-51)60(52-37-17-10-18-38-52)64(66)56-42-26-22-30-48(56)4/h7-42H,43-44H2,1-6H3. The second-order valence-corrected chi connectivity index (χ2v) is 27.2. The van der Waals surface area contributed by atoms with Gasteiger partial charge in [-0.25, -0.2) is 0 Å². The Hall–Kier alpha value is -6.85. The Labute approximate surface area is 395 Å². The highest BCUT2D eigenvalue weighted by Gasteiger charge is 2.52. The highest BCUT2D eigenvalue weighted by atomic mass is 28.3. The third kappa shape index (κ3) is 7.39. The van der Waals surface area contributed by atoms with Crippen molar-refractivity contribution in [3.05, 3.63) is 285 Å². The van der Waals surface area contributed by atoms with E-state index in [1.165, 1.54) is 89.1 Å². The fourth-order valence-electron chi connectivity index (χ4n) is 11.6. The van der Waals surface area contributed by atoms with Gasteiger partial charge in [0.2, 0.25) is 0 Å². The van der Waals surface area contributed by atoms with Crippen LogP contribution in [0.15, 0.2) is 218 Å². The molecule has 322 valence electrons. The molecule has 0 radical (unpaired) electrons. The minimum atomic E-state index is -2.74. The van der Waals surface area contributed by atoms with Gasteiger partial charge in [-0.2, -0.15) is 0 Å². The SMILES string of the molecule is Cc1ccccc1C1=C(c2ccccc2)C(c2ccccc2)=C(c2ccccc2C)[Si]1(C)CC[Si]1(C)C(c2ccccc2C)=C(c2ccccc2)C(c2ccccc2)=C1c1ccccc1C. The average molecular weight is 883 g/mol. The normalized spacial score (nSPS) is 15.5. The van der Waals surface area contributed by atoms with Crippen molar-refractivity contribution >= 4 is 59.2 Å². The van der Waals surface area contributed by atoms with E-state index in [-0.39, 0.29) is 0 Å². The number of hydrogen-bond donors (Lipinski definition) is 0. The smallest absolute Gasteiger partial charge is 0.0622 e. The largest absolute Gasteiger partial charge is 0.118 e. The molecule has 2 heterocycles. The molecule has 0 unspecified atom stereocenters. The van der Waals surface area contributed by atoms with E-state index >= 15 is 0 Å². The number of hydrogen-bond acceptors (Lipinski definition) is 0. The zero-order chi connectivity index (χ0) is 45.4. The second-order valence-electron chi connectivity index (χ2n) is 18.9. The molecule has 0 N–H and O–H groups in total. The summed E-state index contributed by atoms with van der Waals surface area (Å²) in [6.07, 6.45) is 0. The number of rotatable bonds is 11. The van der Waals surface area contributed by atoms with Gasteiger partial charge in [0, 0.05) is 0 Å². The Morgan fingerprint density at radius 2 is 0.424 bits per heavy atom. The van der Waals surface area contributed by atoms with E-state index in [2.05, 4.69) is 259 Å². The van der Waals surface area contributed by atoms with Gasteiger partial charge >= 0.3 is 0 Å². The van der Waals surface area contributed by atoms with Crippen LogP contribution in [0.2, 0.25) is 25.2 Å². The molecule has 2 aliphatic heterocycles. The lowest BCUT2D eigenvalue weighted by Crippen LogP contribution is -2.40. The van der Waals surface area contributed by atoms with Crippen LogP contribution in [-0.4, -0.2) is 16.1 Å². The summed E-state index contributed by atoms with van der Waals surface area (Å²) in [7, 11) is -5.48. The lowest BCUT2D eigenvalue weighted by molar-refractivity contribution is 1.31. The van der Waals surface area contributed by atoms with Crippen LogP contribution in [0.3, 0.4) is 0 Å². The minimum Gasteiger partial charge on any atom is -0.0622 e. The van der Waals surface area contributed by atoms with E-state index in [0.29, 0.717) is 0 Å². The number of aryl methyl sites for hydroxylation is 4. The summed E-state index contributed by atoms with van der Waals surface area (Å²) >= 11 is 0. The Kier molecular flexibility index (Phi) is 11.6. The van der Waals surface area contributed by atoms with Crippen molar-refractivity contribution in [2.24, 2.45) is 0 Å². The predicted molar refractivity (Wildman–Crippen MR) is 291 cm³/mol. The summed E-state index contributed by atoms with van der Waals surface area (Å²) in [6.45, 7) is 14.8. The lowest BCUT2D eigenvalue weighted by atomic mass is 9.88. The van der Waals surface area contributed by atoms with Gasteiger partial charge in [-0.05, 0) is 138 Å². The van der Waals surface area contributed by atoms with Crippen LogP contribution < -0.4 is 0 Å². The molecule has 0 amide bonds. The molecular formula is C64H58Si2. The van der Waals surface area contributed by atoms with Gasteiger partial charge in [-0.3, -0.25) is 0 Å². The highest BCUT2D eigenvalue weighted by Crippen LogP contribution is 2.62. The van der Waals surface area contributed by atoms with Crippen molar-refractivity contribution in [3.63, 3.8) is 0 Å². The number of benzene rings is 8. The monoisotopic (exact) mass is 882 g/mol. The molecule has 0 aromatic heterocycles. The van der Waals surface area contributed by atoms with E-state index in [4.69, 9.17) is 0 Å². The fraction of sp³-hybridized carbons (Fsp3) is 0.125. The van der Waals surface area contributed by atoms with Gasteiger partial charge in [0.25, 0.3) is 0 Å². The van der Waals surface area contributed by atoms with Crippen LogP contribution >= 0.6 is 0 Å². The lowest BCUT2D eigenvalue weighted by Gasteiger charge is -2.38. The predicted octanol–water partition coefficient (Wildman–Crippen LogP) is 17.0. The van der Waals surface area contributed by atoms with Crippen LogP contribution in [0, 0.1) is 27.7 Å². The van der Waals surface area contributed by atoms with Crippen LogP contribution in [0.4, 0.5) is 0 Å². The molecule has 0 nitrogen and oxygen atoms in total. The summed E-state index contributed by atoms with van der Waals surface area (Å²) in [6, 6.07) is 84.5. The quantitative estimate of drug-likeness (QED) is 0.114. The Balaban J connectivity index is 1.33. The molecule has 10 rings (SSSR count). The Morgan fingerprint density at radius 1 is 0.242 bits per heavy atom. The molecule has 0 spiro atoms. The summed E-state index contributed by atoms with van der Waals surface area (Å²) in [5.74, 6) is 0. The maximum Gasteiger partial charge on any atom is 0.118 e. The van der Waals surface area contributed by atoms with Crippen LogP contribution in [0.25, 0.3) is 43.1 Å². The van der Waals surface area contributed by atoms with Gasteiger partial charge < -0.3 is 0 Å². The Morgan fingerprint density at radius 3 is 0.621 bits per heavy atom. The average Bonchev–Trinajstić information content (AvgIpc) is 3.78. The molecule has 0 saturated carbocycles. The van der Waals surface area contributed by atoms with Crippen molar-refractivity contribution in [1.82, 2.24) is 0 Å². The molecule has 0 aliphatic carbocycles. The number of allylic oxidation sites excluding steroid dienone is 4. The van der Waals surface area contributed by atoms with Crippen LogP contribution in [-0.2, 0) is 0 Å². The van der Waals surface area contributed by atoms with Gasteiger partial charge in [-0.1, -0.05) is 244 Å². The van der Waals surface area contributed by atoms with Crippen molar-refractivity contribution in [3.8, 4) is 0 Å². The maximum atomic E-state index is 2.74. The van der Waals surface area contributed by atoms with Crippen molar-refractivity contribution in [2.75, 3.05) is 0 Å². The molecule has 2 aliphatic rings. The van der Waals surface area contributed by atoms with Crippen molar-refractivity contribution in [2.45, 2.75) is 52.9 Å². The van der Waals surface area contributed by atoms with Gasteiger partial charge in [0.15, 0.2) is 0 Å². The molecule has 0 saturated heterocycles. The molecule has 0 fully saturated rings. The topological polar surface area (TPSA) is 0 Å². The molecule has 0 atom stereocenters. The van der Waals surface area contributed by atoms with Crippen LogP contribution in [0.1, 0.15) is 66.8 Å². The minimum absolute atomic E-state index is 1.09. The molecule has 8 aromatic carbocycles. The summed E-state index contributed by atoms with van der Waals surface area (Å²) in [5, 5.41) is 6.26. The second kappa shape index (κ2) is 17.9. The molecule has 2 heteroatoms. The summed E-state index contributed by atoms with van der Waals surface area (Å²) < 4.78 is 0. The molecule has 0 bridgehead atoms. The van der Waals surface area contributed by atoms with E-state index in [1.54, 1.807) is 20.8 Å². The first-order valence-corrected chi connectivity index (χ1v) is 29.1. The third-order valence-corrected chi connectivity index (χ3v) is 24.2. The van der Waals surface area contributed by atoms with E-state index in [0.717, 1.165) is 12.1 Å². The van der Waals surface area contributed by atoms with Crippen molar-refractivity contribution in [1.29, 1.82) is 0 Å². The van der Waals surface area contributed by atoms with E-state index in [1.807, 2.05) is 0 Å². The first-order chi connectivity index (χ1) is 32.2. The van der Waals surface area contributed by atoms with Gasteiger partial charge in [0.05, 0.1) is 0 Å². The third-order valence-electron chi connectivity index (χ3n) is 14.7. The summed E-state index contributed by atoms with van der Waals surface area (Å²) in [4.78, 5) is 0. The van der Waals surface area contributed by atoms with Gasteiger partial charge in [-0.15, -0.1) is 0 Å². The molecule has 66 heavy (non-hydrogen) atoms. The first-order valence-electron chi connectivity index (χ1n) is 23.7. The van der Waals surface area contributed by atoms with Crippen LogP contribution in [0.5, 0.6) is 0 Å². The summed E-state index contributed by atoms with van der Waals surface area (Å²) in [5.41, 5.74) is 21.7. The van der Waals surface area contributed by atoms with E-state index in [9.17, 15) is 0 Å². The first kappa shape index (κ1) is 43.1. The fourth-order valence-corrected chi connectivity index (χ4v) is 23.9. The maximum absolute atomic E-state index is 2.74. The van der Waals surface area contributed by atoms with Gasteiger partial charge in [0.1, 0.15) is 16.1 Å².